The highest BCUT2D eigenvalue weighted by Gasteiger charge is 2.06. The Labute approximate surface area is 115 Å². The van der Waals surface area contributed by atoms with Gasteiger partial charge in [-0.25, -0.2) is 4.79 Å². The monoisotopic (exact) mass is 315 g/mol. The Morgan fingerprint density at radius 2 is 2.22 bits per heavy atom. The molecule has 18 heavy (non-hydrogen) atoms. The van der Waals surface area contributed by atoms with Crippen molar-refractivity contribution < 1.29 is 14.6 Å². The molecule has 5 heteroatoms. The van der Waals surface area contributed by atoms with Crippen LogP contribution in [-0.2, 0) is 4.74 Å². The Bertz CT molecular complexity index is 396. The molecule has 0 bridgehead atoms. The van der Waals surface area contributed by atoms with Crippen molar-refractivity contribution in [3.63, 3.8) is 0 Å². The first-order valence-corrected chi connectivity index (χ1v) is 6.79. The first-order valence-electron chi connectivity index (χ1n) is 5.99. The van der Waals surface area contributed by atoms with Crippen LogP contribution < -0.4 is 5.32 Å². The van der Waals surface area contributed by atoms with E-state index in [1.165, 1.54) is 0 Å². The van der Waals surface area contributed by atoms with Crippen molar-refractivity contribution in [3.05, 3.63) is 28.2 Å². The molecule has 1 aromatic rings. The minimum atomic E-state index is -0.926. The number of nitrogens with one attached hydrogen (secondary N) is 1. The first-order chi connectivity index (χ1) is 8.65. The van der Waals surface area contributed by atoms with E-state index in [-0.39, 0.29) is 5.56 Å². The van der Waals surface area contributed by atoms with E-state index in [9.17, 15) is 4.79 Å². The average molecular weight is 316 g/mol. The lowest BCUT2D eigenvalue weighted by molar-refractivity contribution is 0.0697. The molecule has 2 N–H and O–H groups in total. The molecule has 0 aromatic heterocycles. The van der Waals surface area contributed by atoms with E-state index in [0.717, 1.165) is 29.6 Å². The van der Waals surface area contributed by atoms with Crippen molar-refractivity contribution in [1.29, 1.82) is 0 Å². The Morgan fingerprint density at radius 1 is 1.44 bits per heavy atom. The van der Waals surface area contributed by atoms with Crippen LogP contribution in [0.2, 0.25) is 0 Å². The van der Waals surface area contributed by atoms with Gasteiger partial charge in [0.25, 0.3) is 0 Å². The fourth-order valence-electron chi connectivity index (χ4n) is 1.40. The topological polar surface area (TPSA) is 58.6 Å². The lowest BCUT2D eigenvalue weighted by Crippen LogP contribution is -2.10. The third-order valence-corrected chi connectivity index (χ3v) is 3.08. The van der Waals surface area contributed by atoms with Gasteiger partial charge >= 0.3 is 5.97 Å². The van der Waals surface area contributed by atoms with Gasteiger partial charge in [-0.3, -0.25) is 0 Å². The molecule has 0 aliphatic heterocycles. The Kier molecular flexibility index (Phi) is 6.75. The van der Waals surface area contributed by atoms with E-state index < -0.39 is 5.97 Å². The summed E-state index contributed by atoms with van der Waals surface area (Å²) in [7, 11) is 0. The van der Waals surface area contributed by atoms with E-state index in [1.807, 2.05) is 0 Å². The molecule has 4 nitrogen and oxygen atoms in total. The van der Waals surface area contributed by atoms with Crippen molar-refractivity contribution in [3.8, 4) is 0 Å². The number of anilines is 1. The van der Waals surface area contributed by atoms with E-state index >= 15 is 0 Å². The molecule has 0 aliphatic rings. The van der Waals surface area contributed by atoms with Crippen LogP contribution >= 0.6 is 15.9 Å². The number of carboxylic acid groups (broad SMARTS) is 1. The van der Waals surface area contributed by atoms with Gasteiger partial charge in [-0.1, -0.05) is 13.3 Å². The molecule has 0 spiro atoms. The van der Waals surface area contributed by atoms with Crippen LogP contribution in [0.15, 0.2) is 22.7 Å². The summed E-state index contributed by atoms with van der Waals surface area (Å²) < 4.78 is 6.17. The zero-order valence-corrected chi connectivity index (χ0v) is 12.0. The standard InChI is InChI=1S/C13H18BrNO3/c1-2-3-7-18-8-6-15-12-5-4-10(13(16)17)9-11(12)14/h4-5,9,15H,2-3,6-8H2,1H3,(H,16,17). The summed E-state index contributed by atoms with van der Waals surface area (Å²) >= 11 is 3.34. The van der Waals surface area contributed by atoms with Crippen LogP contribution in [0.5, 0.6) is 0 Å². The predicted octanol–water partition coefficient (Wildman–Crippen LogP) is 3.38. The molecule has 0 heterocycles. The number of hydrogen-bond donors (Lipinski definition) is 2. The van der Waals surface area contributed by atoms with E-state index in [1.54, 1.807) is 18.2 Å². The molecule has 0 unspecified atom stereocenters. The average Bonchev–Trinajstić information content (AvgIpc) is 2.35. The maximum absolute atomic E-state index is 10.8. The third kappa shape index (κ3) is 5.06. The van der Waals surface area contributed by atoms with Crippen molar-refractivity contribution in [2.45, 2.75) is 19.8 Å². The van der Waals surface area contributed by atoms with Gasteiger partial charge in [-0.05, 0) is 40.5 Å². The Balaban J connectivity index is 2.36. The van der Waals surface area contributed by atoms with Gasteiger partial charge in [0.15, 0.2) is 0 Å². The van der Waals surface area contributed by atoms with E-state index in [2.05, 4.69) is 28.2 Å². The lowest BCUT2D eigenvalue weighted by atomic mass is 10.2. The number of aromatic carboxylic acids is 1. The van der Waals surface area contributed by atoms with E-state index in [4.69, 9.17) is 9.84 Å². The highest BCUT2D eigenvalue weighted by molar-refractivity contribution is 9.10. The zero-order chi connectivity index (χ0) is 13.4. The first kappa shape index (κ1) is 15.0. The fourth-order valence-corrected chi connectivity index (χ4v) is 1.92. The number of unbranched alkanes of at least 4 members (excludes halogenated alkanes) is 1. The smallest absolute Gasteiger partial charge is 0.335 e. The maximum atomic E-state index is 10.8. The molecule has 0 amide bonds. The molecular weight excluding hydrogens is 298 g/mol. The summed E-state index contributed by atoms with van der Waals surface area (Å²) in [5, 5.41) is 12.0. The summed E-state index contributed by atoms with van der Waals surface area (Å²) in [5.74, 6) is -0.926. The highest BCUT2D eigenvalue weighted by Crippen LogP contribution is 2.23. The lowest BCUT2D eigenvalue weighted by Gasteiger charge is -2.09. The number of hydrogen-bond acceptors (Lipinski definition) is 3. The summed E-state index contributed by atoms with van der Waals surface area (Å²) in [4.78, 5) is 10.8. The normalized spacial score (nSPS) is 10.3. The van der Waals surface area contributed by atoms with Crippen LogP contribution in [0.4, 0.5) is 5.69 Å². The fraction of sp³-hybridized carbons (Fsp3) is 0.462. The highest BCUT2D eigenvalue weighted by atomic mass is 79.9. The van der Waals surface area contributed by atoms with Crippen molar-refractivity contribution in [2.24, 2.45) is 0 Å². The number of carbonyl (C=O) groups is 1. The van der Waals surface area contributed by atoms with Crippen LogP contribution in [0.1, 0.15) is 30.1 Å². The van der Waals surface area contributed by atoms with Gasteiger partial charge < -0.3 is 15.2 Å². The molecule has 0 saturated carbocycles. The van der Waals surface area contributed by atoms with Gasteiger partial charge in [0.2, 0.25) is 0 Å². The molecule has 100 valence electrons. The SMILES string of the molecule is CCCCOCCNc1ccc(C(=O)O)cc1Br. The van der Waals surface area contributed by atoms with Gasteiger partial charge in [0.1, 0.15) is 0 Å². The molecule has 0 aliphatic carbocycles. The van der Waals surface area contributed by atoms with Crippen molar-refractivity contribution in [1.82, 2.24) is 0 Å². The Hall–Kier alpha value is -1.07. The van der Waals surface area contributed by atoms with Crippen LogP contribution in [0.3, 0.4) is 0 Å². The number of ether oxygens (including phenoxy) is 1. The number of halogens is 1. The van der Waals surface area contributed by atoms with Gasteiger partial charge in [0, 0.05) is 23.3 Å². The van der Waals surface area contributed by atoms with Crippen molar-refractivity contribution in [2.75, 3.05) is 25.1 Å². The zero-order valence-electron chi connectivity index (χ0n) is 10.4. The summed E-state index contributed by atoms with van der Waals surface area (Å²) in [6.07, 6.45) is 2.21. The summed E-state index contributed by atoms with van der Waals surface area (Å²) in [5.41, 5.74) is 1.14. The third-order valence-electron chi connectivity index (χ3n) is 2.42. The molecule has 0 atom stereocenters. The van der Waals surface area contributed by atoms with Crippen molar-refractivity contribution >= 4 is 27.6 Å². The minimum Gasteiger partial charge on any atom is -0.478 e. The quantitative estimate of drug-likeness (QED) is 0.722. The molecule has 0 radical (unpaired) electrons. The molecular formula is C13H18BrNO3. The Morgan fingerprint density at radius 3 is 2.83 bits per heavy atom. The van der Waals surface area contributed by atoms with Gasteiger partial charge in [-0.15, -0.1) is 0 Å². The predicted molar refractivity (Wildman–Crippen MR) is 75.3 cm³/mol. The largest absolute Gasteiger partial charge is 0.478 e. The van der Waals surface area contributed by atoms with Crippen LogP contribution in [0, 0.1) is 0 Å². The van der Waals surface area contributed by atoms with Gasteiger partial charge in [-0.2, -0.15) is 0 Å². The minimum absolute atomic E-state index is 0.270. The number of rotatable bonds is 8. The molecule has 1 aromatic carbocycles. The van der Waals surface area contributed by atoms with Crippen LogP contribution in [-0.4, -0.2) is 30.8 Å². The maximum Gasteiger partial charge on any atom is 0.335 e. The van der Waals surface area contributed by atoms with Crippen LogP contribution in [0.25, 0.3) is 0 Å². The molecule has 1 rings (SSSR count). The van der Waals surface area contributed by atoms with E-state index in [0.29, 0.717) is 13.2 Å². The molecule has 0 fully saturated rings. The summed E-state index contributed by atoms with van der Waals surface area (Å²) in [6.45, 7) is 4.27. The second kappa shape index (κ2) is 8.11. The molecule has 0 saturated heterocycles. The second-order valence-electron chi connectivity index (χ2n) is 3.89. The second-order valence-corrected chi connectivity index (χ2v) is 4.75. The van der Waals surface area contributed by atoms with Gasteiger partial charge in [0.05, 0.1) is 12.2 Å². The number of benzene rings is 1. The summed E-state index contributed by atoms with van der Waals surface area (Å²) in [6, 6.07) is 4.91. The number of carboxylic acids is 1.